The number of benzene rings is 2. The average Bonchev–Trinajstić information content (AvgIpc) is 2.91. The van der Waals surface area contributed by atoms with Gasteiger partial charge in [-0.25, -0.2) is 0 Å². The first-order chi connectivity index (χ1) is 12.1. The molecule has 0 saturated heterocycles. The normalized spacial score (nSPS) is 18.3. The van der Waals surface area contributed by atoms with E-state index in [-0.39, 0.29) is 11.4 Å². The van der Waals surface area contributed by atoms with Gasteiger partial charge in [0, 0.05) is 5.69 Å². The minimum atomic E-state index is -1.66. The van der Waals surface area contributed by atoms with Crippen molar-refractivity contribution in [3.05, 3.63) is 77.1 Å². The van der Waals surface area contributed by atoms with Crippen LogP contribution < -0.4 is 10.6 Å². The van der Waals surface area contributed by atoms with Crippen molar-refractivity contribution in [2.75, 3.05) is 4.90 Å². The van der Waals surface area contributed by atoms with Gasteiger partial charge in [0.05, 0.1) is 18.2 Å². The van der Waals surface area contributed by atoms with Crippen molar-refractivity contribution >= 4 is 5.69 Å². The summed E-state index contributed by atoms with van der Waals surface area (Å²) in [6, 6.07) is 22.2. The SMILES string of the molecule is Cc1ccc(N2C(N)=C(C#N)C(C#N)(C#N)[C@@H]2c2ccccc2)cc1. The lowest BCUT2D eigenvalue weighted by Gasteiger charge is -2.32. The van der Waals surface area contributed by atoms with E-state index in [1.165, 1.54) is 0 Å². The highest BCUT2D eigenvalue weighted by Gasteiger charge is 2.55. The molecule has 5 heteroatoms. The zero-order chi connectivity index (χ0) is 18.0. The van der Waals surface area contributed by atoms with E-state index >= 15 is 0 Å². The highest BCUT2D eigenvalue weighted by Crippen LogP contribution is 2.52. The molecular weight excluding hydrogens is 310 g/mol. The van der Waals surface area contributed by atoms with Crippen molar-refractivity contribution in [1.29, 1.82) is 15.8 Å². The van der Waals surface area contributed by atoms with Crippen LogP contribution >= 0.6 is 0 Å². The van der Waals surface area contributed by atoms with Crippen molar-refractivity contribution in [3.8, 4) is 18.2 Å². The second-order valence-corrected chi connectivity index (χ2v) is 5.92. The molecule has 2 aromatic carbocycles. The van der Waals surface area contributed by atoms with Gasteiger partial charge in [-0.05, 0) is 24.6 Å². The lowest BCUT2D eigenvalue weighted by atomic mass is 9.76. The first kappa shape index (κ1) is 16.1. The van der Waals surface area contributed by atoms with Crippen LogP contribution in [0.25, 0.3) is 0 Å². The fourth-order valence-corrected chi connectivity index (χ4v) is 3.22. The Labute approximate surface area is 146 Å². The summed E-state index contributed by atoms with van der Waals surface area (Å²) >= 11 is 0. The van der Waals surface area contributed by atoms with E-state index in [2.05, 4.69) is 12.1 Å². The molecule has 3 rings (SSSR count). The van der Waals surface area contributed by atoms with Crippen molar-refractivity contribution < 1.29 is 0 Å². The van der Waals surface area contributed by atoms with E-state index in [0.717, 1.165) is 16.8 Å². The smallest absolute Gasteiger partial charge is 0.206 e. The number of rotatable bonds is 2. The molecule has 0 aromatic heterocycles. The summed E-state index contributed by atoms with van der Waals surface area (Å²) < 4.78 is 0. The quantitative estimate of drug-likeness (QED) is 0.913. The Balaban J connectivity index is 2.30. The fraction of sp³-hybridized carbons (Fsp3) is 0.150. The molecule has 1 heterocycles. The molecular formula is C20H15N5. The Kier molecular flexibility index (Phi) is 3.89. The minimum Gasteiger partial charge on any atom is -0.384 e. The second kappa shape index (κ2) is 6.04. The van der Waals surface area contributed by atoms with Gasteiger partial charge in [-0.3, -0.25) is 0 Å². The standard InChI is InChI=1S/C20H15N5/c1-14-7-9-16(10-8-14)25-18(15-5-3-2-4-6-15)20(12-22,13-23)17(11-21)19(25)24/h2-10,18H,24H2,1H3/t18-/m0/s1. The maximum atomic E-state index is 9.84. The third-order valence-electron chi connectivity index (χ3n) is 4.47. The van der Waals surface area contributed by atoms with Crippen molar-refractivity contribution in [1.82, 2.24) is 0 Å². The zero-order valence-electron chi connectivity index (χ0n) is 13.6. The average molecular weight is 325 g/mol. The monoisotopic (exact) mass is 325 g/mol. The fourth-order valence-electron chi connectivity index (χ4n) is 3.22. The highest BCUT2D eigenvalue weighted by molar-refractivity contribution is 5.67. The molecule has 1 aliphatic heterocycles. The molecule has 0 amide bonds. The predicted molar refractivity (Wildman–Crippen MR) is 93.3 cm³/mol. The molecule has 1 aliphatic rings. The van der Waals surface area contributed by atoms with Crippen molar-refractivity contribution in [2.45, 2.75) is 13.0 Å². The van der Waals surface area contributed by atoms with Gasteiger partial charge in [0.25, 0.3) is 0 Å². The van der Waals surface area contributed by atoms with Crippen LogP contribution in [-0.2, 0) is 0 Å². The van der Waals surface area contributed by atoms with Gasteiger partial charge in [0.1, 0.15) is 17.5 Å². The van der Waals surface area contributed by atoms with Gasteiger partial charge in [-0.2, -0.15) is 15.8 Å². The summed E-state index contributed by atoms with van der Waals surface area (Å²) in [5.74, 6) is 0.142. The topological polar surface area (TPSA) is 101 Å². The van der Waals surface area contributed by atoms with Crippen LogP contribution in [0.15, 0.2) is 66.0 Å². The first-order valence-corrected chi connectivity index (χ1v) is 7.72. The predicted octanol–water partition coefficient (Wildman–Crippen LogP) is 3.28. The molecule has 2 aromatic rings. The number of hydrogen-bond acceptors (Lipinski definition) is 5. The third-order valence-corrected chi connectivity index (χ3v) is 4.47. The molecule has 1 atom stereocenters. The molecule has 25 heavy (non-hydrogen) atoms. The summed E-state index contributed by atoms with van der Waals surface area (Å²) in [4.78, 5) is 1.71. The van der Waals surface area contributed by atoms with Gasteiger partial charge in [-0.1, -0.05) is 48.0 Å². The summed E-state index contributed by atoms with van der Waals surface area (Å²) in [6.07, 6.45) is 0. The Hall–Kier alpha value is -3.75. The van der Waals surface area contributed by atoms with E-state index in [1.807, 2.05) is 67.6 Å². The molecule has 0 spiro atoms. The van der Waals surface area contributed by atoms with Crippen LogP contribution in [0, 0.1) is 46.3 Å². The van der Waals surface area contributed by atoms with Gasteiger partial charge in [0.15, 0.2) is 0 Å². The zero-order valence-corrected chi connectivity index (χ0v) is 13.6. The van der Waals surface area contributed by atoms with E-state index in [0.29, 0.717) is 0 Å². The highest BCUT2D eigenvalue weighted by atomic mass is 15.3. The summed E-state index contributed by atoms with van der Waals surface area (Å²) in [7, 11) is 0. The van der Waals surface area contributed by atoms with Crippen LogP contribution in [0.5, 0.6) is 0 Å². The summed E-state index contributed by atoms with van der Waals surface area (Å²) in [5, 5.41) is 29.3. The van der Waals surface area contributed by atoms with Gasteiger partial charge in [-0.15, -0.1) is 0 Å². The van der Waals surface area contributed by atoms with Gasteiger partial charge in [0.2, 0.25) is 5.41 Å². The molecule has 0 bridgehead atoms. The number of hydrogen-bond donors (Lipinski definition) is 1. The van der Waals surface area contributed by atoms with Crippen LogP contribution in [0.2, 0.25) is 0 Å². The van der Waals surface area contributed by atoms with Gasteiger partial charge >= 0.3 is 0 Å². The van der Waals surface area contributed by atoms with Crippen molar-refractivity contribution in [2.24, 2.45) is 11.1 Å². The van der Waals surface area contributed by atoms with E-state index < -0.39 is 11.5 Å². The van der Waals surface area contributed by atoms with Crippen molar-refractivity contribution in [3.63, 3.8) is 0 Å². The minimum absolute atomic E-state index is 0.00747. The number of nitrogens with two attached hydrogens (primary N) is 1. The lowest BCUT2D eigenvalue weighted by molar-refractivity contribution is 0.521. The molecule has 120 valence electrons. The van der Waals surface area contributed by atoms with E-state index in [1.54, 1.807) is 4.90 Å². The maximum absolute atomic E-state index is 9.84. The number of nitriles is 3. The summed E-state index contributed by atoms with van der Waals surface area (Å²) in [5.41, 5.74) is 7.13. The molecule has 5 nitrogen and oxygen atoms in total. The van der Waals surface area contributed by atoms with Gasteiger partial charge < -0.3 is 10.6 Å². The maximum Gasteiger partial charge on any atom is 0.206 e. The van der Waals surface area contributed by atoms with Crippen LogP contribution in [0.3, 0.4) is 0 Å². The third kappa shape index (κ3) is 2.29. The molecule has 2 N–H and O–H groups in total. The largest absolute Gasteiger partial charge is 0.384 e. The van der Waals surface area contributed by atoms with E-state index in [4.69, 9.17) is 5.73 Å². The van der Waals surface area contributed by atoms with Crippen LogP contribution in [0.4, 0.5) is 5.69 Å². The molecule has 0 saturated carbocycles. The Morgan fingerprint density at radius 2 is 1.56 bits per heavy atom. The Morgan fingerprint density at radius 1 is 0.960 bits per heavy atom. The number of nitrogens with zero attached hydrogens (tertiary/aromatic N) is 4. The Morgan fingerprint density at radius 3 is 2.08 bits per heavy atom. The molecule has 0 fully saturated rings. The van der Waals surface area contributed by atoms with Crippen LogP contribution in [-0.4, -0.2) is 0 Å². The second-order valence-electron chi connectivity index (χ2n) is 5.92. The molecule has 0 radical (unpaired) electrons. The Bertz CT molecular complexity index is 938. The molecule has 0 unspecified atom stereocenters. The van der Waals surface area contributed by atoms with E-state index in [9.17, 15) is 15.8 Å². The number of aryl methyl sites for hydroxylation is 1. The van der Waals surface area contributed by atoms with Crippen LogP contribution in [0.1, 0.15) is 17.2 Å². The molecule has 0 aliphatic carbocycles. The number of anilines is 1. The summed E-state index contributed by atoms with van der Waals surface area (Å²) in [6.45, 7) is 1.97. The lowest BCUT2D eigenvalue weighted by Crippen LogP contribution is -2.34. The first-order valence-electron chi connectivity index (χ1n) is 7.72.